The van der Waals surface area contributed by atoms with E-state index in [2.05, 4.69) is 36.9 Å². The number of nitrogens with zero attached hydrogens (tertiary/aromatic N) is 5. The van der Waals surface area contributed by atoms with Gasteiger partial charge >= 0.3 is 5.97 Å². The molecule has 5 aromatic rings. The first kappa shape index (κ1) is 76.9. The van der Waals surface area contributed by atoms with Crippen LogP contribution in [0.5, 0.6) is 11.5 Å². The van der Waals surface area contributed by atoms with Gasteiger partial charge in [0.2, 0.25) is 59.1 Å². The molecule has 0 radical (unpaired) electrons. The Hall–Kier alpha value is -9.46. The standard InChI is InChI=1S/C69H92N14O15S/c1-42(70)64(91)78-63(43(2)84)67(94)76-53(26-33-99-8)65(92)77-54(34-44-37-72-52-19-12-10-16-47(44)52)66(93)75-46-21-23-51-56(36-46)97-55-35-45(20-22-50(55)69(51)49-18-11-9-17-48(49)68(95)98-69)74-59(87)25-24-58(86)73-38-60(88)82(30-14-28-80(5)6)40-62(90)83(31-15-32-96-7)41-61(89)81(39-57(71)85)29-13-27-79(3)4/h9-12,16-23,35-37,42-43,53-54,63,72,84H,13-15,24-34,38-41,70H2,1-8H3,(H2,71,85)(H,73,86)(H,74,87)(H,75,93)(H,76,94)(H,77,92)(H,78,91)/t42-,43?,53?,54-,63-,69?/m0/s1. The zero-order chi connectivity index (χ0) is 72.1. The molecule has 3 heterocycles. The van der Waals surface area contributed by atoms with E-state index in [1.54, 1.807) is 54.7 Å². The fraction of sp³-hybridized carbons (Fsp3) is 0.464. The number of primary amides is 1. The van der Waals surface area contributed by atoms with Gasteiger partial charge in [0.15, 0.2) is 5.60 Å². The highest BCUT2D eigenvalue weighted by Crippen LogP contribution is 2.57. The van der Waals surface area contributed by atoms with Gasteiger partial charge in [-0.3, -0.25) is 47.9 Å². The van der Waals surface area contributed by atoms with Crippen LogP contribution < -0.4 is 48.1 Å². The van der Waals surface area contributed by atoms with Crippen LogP contribution in [0.4, 0.5) is 11.4 Å². The number of aromatic nitrogens is 1. The number of aliphatic hydroxyl groups is 1. The van der Waals surface area contributed by atoms with Crippen LogP contribution in [-0.2, 0) is 69.4 Å². The van der Waals surface area contributed by atoms with Crippen LogP contribution in [0.15, 0.2) is 91.1 Å². The van der Waals surface area contributed by atoms with Crippen molar-refractivity contribution in [2.45, 2.75) is 94.7 Å². The summed E-state index contributed by atoms with van der Waals surface area (Å²) in [6.45, 7) is 3.05. The normalized spacial score (nSPS) is 15.0. The molecule has 1 spiro atoms. The van der Waals surface area contributed by atoms with Gasteiger partial charge in [0.1, 0.15) is 29.6 Å². The second-order valence-electron chi connectivity index (χ2n) is 25.0. The zero-order valence-electron chi connectivity index (χ0n) is 57.2. The molecule has 6 atom stereocenters. The Balaban J connectivity index is 1.06. The van der Waals surface area contributed by atoms with E-state index >= 15 is 0 Å². The SMILES string of the molecule is COCCCN(CC(=O)N(CCCN(C)C)CC(N)=O)C(=O)CN(CCCN(C)C)C(=O)CNC(=O)CCC(=O)Nc1ccc2c(c1)Oc1cc(NC(=O)[C@H](Cc3c[nH]c4ccccc34)NC(=O)C(CCSC)NC(=O)[C@@H](NC(=O)[C@H](C)N)C(C)O)ccc1C21OC(=O)c2ccccc21. The molecule has 0 saturated heterocycles. The van der Waals surface area contributed by atoms with Crippen LogP contribution in [0.3, 0.4) is 0 Å². The number of rotatable bonds is 38. The van der Waals surface area contributed by atoms with Crippen molar-refractivity contribution in [3.8, 4) is 11.5 Å². The van der Waals surface area contributed by atoms with Gasteiger partial charge in [-0.15, -0.1) is 0 Å². The molecule has 1 aromatic heterocycles. The number of aliphatic hydroxyl groups excluding tert-OH is 1. The van der Waals surface area contributed by atoms with Crippen LogP contribution in [0.2, 0.25) is 0 Å². The smallest absolute Gasteiger partial charge is 0.340 e. The number of anilines is 2. The molecule has 12 N–H and O–H groups in total. The Morgan fingerprint density at radius 3 is 1.84 bits per heavy atom. The van der Waals surface area contributed by atoms with E-state index in [0.29, 0.717) is 60.4 Å². The summed E-state index contributed by atoms with van der Waals surface area (Å²) in [4.78, 5) is 161. The van der Waals surface area contributed by atoms with Crippen LogP contribution in [0.1, 0.15) is 85.0 Å². The summed E-state index contributed by atoms with van der Waals surface area (Å²) in [5.41, 5.74) is 13.1. The quantitative estimate of drug-likeness (QED) is 0.0198. The molecule has 2 aliphatic rings. The number of para-hydroxylation sites is 1. The van der Waals surface area contributed by atoms with Gasteiger partial charge in [-0.25, -0.2) is 4.79 Å². The molecule has 99 heavy (non-hydrogen) atoms. The Morgan fingerprint density at radius 1 is 0.657 bits per heavy atom. The average molecular weight is 1390 g/mol. The first-order valence-corrected chi connectivity index (χ1v) is 34.1. The van der Waals surface area contributed by atoms with Crippen molar-refractivity contribution >= 4 is 99.1 Å². The van der Waals surface area contributed by atoms with E-state index in [1.807, 2.05) is 68.5 Å². The predicted molar refractivity (Wildman–Crippen MR) is 372 cm³/mol. The monoisotopic (exact) mass is 1390 g/mol. The van der Waals surface area contributed by atoms with Crippen LogP contribution in [-0.4, -0.2) is 243 Å². The lowest BCUT2D eigenvalue weighted by molar-refractivity contribution is -0.145. The van der Waals surface area contributed by atoms with Crippen molar-refractivity contribution in [3.63, 3.8) is 0 Å². The highest BCUT2D eigenvalue weighted by atomic mass is 32.2. The molecule has 0 aliphatic carbocycles. The van der Waals surface area contributed by atoms with Crippen molar-refractivity contribution in [1.82, 2.24) is 50.8 Å². The second-order valence-corrected chi connectivity index (χ2v) is 26.0. The molecule has 0 bridgehead atoms. The number of esters is 1. The Bertz CT molecular complexity index is 3730. The Labute approximate surface area is 579 Å². The average Bonchev–Trinajstić information content (AvgIpc) is 1.60. The topological polar surface area (TPSA) is 392 Å². The number of nitrogens with two attached hydrogens (primary N) is 2. The number of thioether (sulfide) groups is 1. The van der Waals surface area contributed by atoms with E-state index in [1.165, 1.54) is 59.6 Å². The minimum atomic E-state index is -1.59. The molecule has 29 nitrogen and oxygen atoms in total. The predicted octanol–water partition coefficient (Wildman–Crippen LogP) is 1.60. The molecule has 2 aliphatic heterocycles. The number of carbonyl (C=O) groups is 11. The van der Waals surface area contributed by atoms with Gasteiger partial charge in [0.25, 0.3) is 0 Å². The van der Waals surface area contributed by atoms with E-state index < -0.39 is 114 Å². The number of fused-ring (bicyclic) bond motifs is 7. The summed E-state index contributed by atoms with van der Waals surface area (Å²) < 4.78 is 18.2. The molecular formula is C69H92N14O15S. The third-order valence-corrected chi connectivity index (χ3v) is 17.3. The molecule has 30 heteroatoms. The van der Waals surface area contributed by atoms with Crippen molar-refractivity contribution in [2.24, 2.45) is 11.5 Å². The number of hydrogen-bond acceptors (Lipinski definition) is 19. The van der Waals surface area contributed by atoms with Crippen molar-refractivity contribution in [3.05, 3.63) is 119 Å². The van der Waals surface area contributed by atoms with Crippen molar-refractivity contribution in [2.75, 3.05) is 123 Å². The van der Waals surface area contributed by atoms with E-state index in [4.69, 9.17) is 25.7 Å². The molecule has 0 saturated carbocycles. The summed E-state index contributed by atoms with van der Waals surface area (Å²) in [6, 6.07) is 18.8. The summed E-state index contributed by atoms with van der Waals surface area (Å²) in [6.07, 6.45) is 2.97. The number of ether oxygens (including phenoxy) is 3. The van der Waals surface area contributed by atoms with Crippen LogP contribution in [0.25, 0.3) is 10.9 Å². The first-order chi connectivity index (χ1) is 47.2. The Morgan fingerprint density at radius 2 is 1.23 bits per heavy atom. The fourth-order valence-corrected chi connectivity index (χ4v) is 12.0. The van der Waals surface area contributed by atoms with Crippen LogP contribution in [0, 0.1) is 0 Å². The summed E-state index contributed by atoms with van der Waals surface area (Å²) in [7, 11) is 8.98. The molecule has 4 aromatic carbocycles. The number of hydrogen-bond donors (Lipinski definition) is 10. The highest BCUT2D eigenvalue weighted by Gasteiger charge is 2.53. The molecular weight excluding hydrogens is 1300 g/mol. The number of benzene rings is 4. The van der Waals surface area contributed by atoms with Gasteiger partial charge in [-0.05, 0) is 135 Å². The lowest BCUT2D eigenvalue weighted by atomic mass is 9.77. The van der Waals surface area contributed by atoms with Gasteiger partial charge in [0.05, 0.1) is 43.9 Å². The lowest BCUT2D eigenvalue weighted by Gasteiger charge is -2.37. The summed E-state index contributed by atoms with van der Waals surface area (Å²) >= 11 is 1.41. The number of aromatic amines is 1. The Kier molecular flexibility index (Phi) is 28.3. The van der Waals surface area contributed by atoms with Gasteiger partial charge in [-0.2, -0.15) is 11.8 Å². The maximum atomic E-state index is 14.8. The fourth-order valence-electron chi connectivity index (χ4n) is 11.5. The van der Waals surface area contributed by atoms with Gasteiger partial charge < -0.3 is 92.2 Å². The number of amides is 10. The highest BCUT2D eigenvalue weighted by molar-refractivity contribution is 7.98. The molecule has 3 unspecified atom stereocenters. The number of carbonyl (C=O) groups excluding carboxylic acids is 11. The van der Waals surface area contributed by atoms with Crippen LogP contribution >= 0.6 is 11.8 Å². The lowest BCUT2D eigenvalue weighted by Crippen LogP contribution is -2.60. The van der Waals surface area contributed by atoms with Crippen molar-refractivity contribution in [1.29, 1.82) is 0 Å². The van der Waals surface area contributed by atoms with E-state index in [0.717, 1.165) is 10.9 Å². The minimum Gasteiger partial charge on any atom is -0.456 e. The van der Waals surface area contributed by atoms with E-state index in [9.17, 15) is 57.8 Å². The summed E-state index contributed by atoms with van der Waals surface area (Å²) in [5, 5.41) is 27.5. The third-order valence-electron chi connectivity index (χ3n) is 16.6. The molecule has 534 valence electrons. The number of methoxy groups -OCH3 is 1. The molecule has 10 amide bonds. The number of H-pyrrole nitrogens is 1. The second kappa shape index (κ2) is 36.4. The van der Waals surface area contributed by atoms with Gasteiger partial charge in [0, 0.05) is 110 Å². The largest absolute Gasteiger partial charge is 0.456 e. The van der Waals surface area contributed by atoms with Crippen molar-refractivity contribution < 1.29 is 72.1 Å². The number of nitrogens with one attached hydrogen (secondary N) is 7. The molecule has 0 fully saturated rings. The first-order valence-electron chi connectivity index (χ1n) is 32.7. The van der Waals surface area contributed by atoms with Gasteiger partial charge in [-0.1, -0.05) is 36.4 Å². The molecule has 7 rings (SSSR count). The summed E-state index contributed by atoms with van der Waals surface area (Å²) in [5.74, 6) is -6.40. The minimum absolute atomic E-state index is 0.0303. The maximum Gasteiger partial charge on any atom is 0.340 e. The third kappa shape index (κ3) is 21.0. The maximum absolute atomic E-state index is 14.8. The van der Waals surface area contributed by atoms with E-state index in [-0.39, 0.29) is 93.5 Å². The zero-order valence-corrected chi connectivity index (χ0v) is 58.1.